The van der Waals surface area contributed by atoms with E-state index in [9.17, 15) is 9.59 Å². The lowest BCUT2D eigenvalue weighted by Crippen LogP contribution is -2.36. The Morgan fingerprint density at radius 2 is 1.67 bits per heavy atom. The van der Waals surface area contributed by atoms with E-state index in [0.717, 1.165) is 22.4 Å². The third-order valence-corrected chi connectivity index (χ3v) is 4.48. The zero-order valence-electron chi connectivity index (χ0n) is 16.5. The molecule has 5 nitrogen and oxygen atoms in total. The first kappa shape index (κ1) is 20.5. The van der Waals surface area contributed by atoms with E-state index < -0.39 is 0 Å². The first-order chi connectivity index (χ1) is 12.9. The maximum Gasteiger partial charge on any atom is 0.322 e. The van der Waals surface area contributed by atoms with E-state index in [0.29, 0.717) is 19.7 Å². The molecule has 0 spiro atoms. The van der Waals surface area contributed by atoms with Gasteiger partial charge in [0.15, 0.2) is 0 Å². The molecule has 5 heteroatoms. The van der Waals surface area contributed by atoms with Crippen LogP contribution in [0.3, 0.4) is 0 Å². The van der Waals surface area contributed by atoms with Gasteiger partial charge in [-0.2, -0.15) is 0 Å². The van der Waals surface area contributed by atoms with Crippen LogP contribution < -0.4 is 5.32 Å². The molecule has 0 aliphatic heterocycles. The van der Waals surface area contributed by atoms with Gasteiger partial charge in [0.2, 0.25) is 0 Å². The lowest BCUT2D eigenvalue weighted by molar-refractivity contribution is -0.143. The summed E-state index contributed by atoms with van der Waals surface area (Å²) in [4.78, 5) is 26.3. The van der Waals surface area contributed by atoms with Crippen LogP contribution in [0.2, 0.25) is 0 Å². The fourth-order valence-corrected chi connectivity index (χ4v) is 2.81. The number of carbonyl (C=O) groups is 2. The van der Waals surface area contributed by atoms with Crippen molar-refractivity contribution < 1.29 is 14.3 Å². The molecule has 0 saturated carbocycles. The van der Waals surface area contributed by atoms with Crippen LogP contribution in [0.1, 0.15) is 35.6 Å². The second-order valence-electron chi connectivity index (χ2n) is 6.64. The summed E-state index contributed by atoms with van der Waals surface area (Å²) in [6.07, 6.45) is 0.167. The third-order valence-electron chi connectivity index (χ3n) is 4.48. The average molecular weight is 368 g/mol. The van der Waals surface area contributed by atoms with Crippen molar-refractivity contribution in [2.45, 2.75) is 40.7 Å². The maximum absolute atomic E-state index is 12.9. The number of hydrogen-bond donors (Lipinski definition) is 1. The predicted molar refractivity (Wildman–Crippen MR) is 108 cm³/mol. The largest absolute Gasteiger partial charge is 0.466 e. The van der Waals surface area contributed by atoms with Gasteiger partial charge in [-0.25, -0.2) is 4.79 Å². The summed E-state index contributed by atoms with van der Waals surface area (Å²) in [6.45, 7) is 8.88. The molecule has 2 amide bonds. The number of nitrogens with one attached hydrogen (secondary N) is 1. The Morgan fingerprint density at radius 3 is 2.33 bits per heavy atom. The zero-order valence-corrected chi connectivity index (χ0v) is 16.5. The van der Waals surface area contributed by atoms with Crippen molar-refractivity contribution in [3.8, 4) is 0 Å². The summed E-state index contributed by atoms with van der Waals surface area (Å²) in [6, 6.07) is 13.5. The summed E-state index contributed by atoms with van der Waals surface area (Å²) in [5.41, 5.74) is 5.12. The van der Waals surface area contributed by atoms with Crippen molar-refractivity contribution in [1.82, 2.24) is 4.90 Å². The Morgan fingerprint density at radius 1 is 1.00 bits per heavy atom. The number of anilines is 1. The van der Waals surface area contributed by atoms with Gasteiger partial charge < -0.3 is 15.0 Å². The summed E-state index contributed by atoms with van der Waals surface area (Å²) < 4.78 is 4.99. The van der Waals surface area contributed by atoms with Crippen LogP contribution in [0.4, 0.5) is 10.5 Å². The van der Waals surface area contributed by atoms with Crippen LogP contribution in [0.25, 0.3) is 0 Å². The molecule has 2 aromatic rings. The molecule has 0 unspecified atom stereocenters. The highest BCUT2D eigenvalue weighted by Crippen LogP contribution is 2.21. The molecule has 144 valence electrons. The van der Waals surface area contributed by atoms with E-state index in [-0.39, 0.29) is 18.4 Å². The van der Waals surface area contributed by atoms with Gasteiger partial charge in [-0.05, 0) is 56.0 Å². The molecule has 0 aliphatic carbocycles. The highest BCUT2D eigenvalue weighted by Gasteiger charge is 2.17. The van der Waals surface area contributed by atoms with Gasteiger partial charge in [0.1, 0.15) is 0 Å². The van der Waals surface area contributed by atoms with Crippen LogP contribution in [0, 0.1) is 20.8 Å². The molecule has 0 atom stereocenters. The minimum Gasteiger partial charge on any atom is -0.466 e. The van der Waals surface area contributed by atoms with Crippen molar-refractivity contribution in [2.75, 3.05) is 18.5 Å². The highest BCUT2D eigenvalue weighted by atomic mass is 16.5. The van der Waals surface area contributed by atoms with E-state index >= 15 is 0 Å². The van der Waals surface area contributed by atoms with Gasteiger partial charge >= 0.3 is 12.0 Å². The first-order valence-electron chi connectivity index (χ1n) is 9.24. The molecule has 0 fully saturated rings. The summed E-state index contributed by atoms with van der Waals surface area (Å²) in [5.74, 6) is -0.300. The first-order valence-corrected chi connectivity index (χ1v) is 9.24. The summed E-state index contributed by atoms with van der Waals surface area (Å²) in [5, 5.41) is 2.99. The molecule has 2 aromatic carbocycles. The third kappa shape index (κ3) is 6.13. The van der Waals surface area contributed by atoms with Crippen molar-refractivity contribution in [2.24, 2.45) is 0 Å². The highest BCUT2D eigenvalue weighted by molar-refractivity contribution is 5.90. The van der Waals surface area contributed by atoms with E-state index in [1.54, 1.807) is 11.8 Å². The average Bonchev–Trinajstić information content (AvgIpc) is 2.64. The number of nitrogens with zero attached hydrogens (tertiary/aromatic N) is 1. The minimum absolute atomic E-state index is 0.167. The zero-order chi connectivity index (χ0) is 19.8. The summed E-state index contributed by atoms with van der Waals surface area (Å²) in [7, 11) is 0. The lowest BCUT2D eigenvalue weighted by atomic mass is 10.1. The second-order valence-corrected chi connectivity index (χ2v) is 6.64. The van der Waals surface area contributed by atoms with Crippen molar-refractivity contribution in [3.63, 3.8) is 0 Å². The number of rotatable bonds is 7. The number of benzene rings is 2. The molecule has 0 saturated heterocycles. The number of hydrogen-bond acceptors (Lipinski definition) is 3. The fraction of sp³-hybridized carbons (Fsp3) is 0.364. The number of aryl methyl sites for hydroxylation is 3. The standard InChI is InChI=1S/C22H28N2O3/c1-5-27-21(25)11-12-24(15-19-9-7-6-8-10-19)22(26)23-20-14-17(3)16(2)13-18(20)4/h6-10,13-14H,5,11-12,15H2,1-4H3,(H,23,26). The van der Waals surface area contributed by atoms with Gasteiger partial charge in [-0.3, -0.25) is 4.79 Å². The molecule has 1 N–H and O–H groups in total. The van der Waals surface area contributed by atoms with Crippen LogP contribution in [0.5, 0.6) is 0 Å². The van der Waals surface area contributed by atoms with Gasteiger partial charge in [0.25, 0.3) is 0 Å². The quantitative estimate of drug-likeness (QED) is 0.727. The van der Waals surface area contributed by atoms with E-state index in [4.69, 9.17) is 4.74 Å². The number of ether oxygens (including phenoxy) is 1. The molecule has 2 rings (SSSR count). The summed E-state index contributed by atoms with van der Waals surface area (Å²) >= 11 is 0. The minimum atomic E-state index is -0.300. The van der Waals surface area contributed by atoms with E-state index in [1.165, 1.54) is 5.56 Å². The van der Waals surface area contributed by atoms with Crippen LogP contribution in [-0.4, -0.2) is 30.1 Å². The Hall–Kier alpha value is -2.82. The van der Waals surface area contributed by atoms with Gasteiger partial charge in [0.05, 0.1) is 13.0 Å². The maximum atomic E-state index is 12.9. The van der Waals surface area contributed by atoms with Crippen molar-refractivity contribution >= 4 is 17.7 Å². The predicted octanol–water partition coefficient (Wildman–Crippen LogP) is 4.60. The monoisotopic (exact) mass is 368 g/mol. The number of esters is 1. The van der Waals surface area contributed by atoms with Gasteiger partial charge in [-0.1, -0.05) is 36.4 Å². The SMILES string of the molecule is CCOC(=O)CCN(Cc1ccccc1)C(=O)Nc1cc(C)c(C)cc1C. The lowest BCUT2D eigenvalue weighted by Gasteiger charge is -2.24. The van der Waals surface area contributed by atoms with Gasteiger partial charge in [-0.15, -0.1) is 0 Å². The molecule has 0 heterocycles. The molecule has 0 aliphatic rings. The van der Waals surface area contributed by atoms with Crippen molar-refractivity contribution in [3.05, 3.63) is 64.7 Å². The number of carbonyl (C=O) groups excluding carboxylic acids is 2. The number of amides is 2. The topological polar surface area (TPSA) is 58.6 Å². The second kappa shape index (κ2) is 9.76. The van der Waals surface area contributed by atoms with Crippen LogP contribution in [-0.2, 0) is 16.1 Å². The van der Waals surface area contributed by atoms with Gasteiger partial charge in [0, 0.05) is 18.8 Å². The Kier molecular flexibility index (Phi) is 7.41. The van der Waals surface area contributed by atoms with E-state index in [1.807, 2.05) is 50.2 Å². The normalized spacial score (nSPS) is 10.4. The molecule has 0 radical (unpaired) electrons. The molecule has 0 aromatic heterocycles. The Balaban J connectivity index is 2.14. The number of urea groups is 1. The Labute approximate surface area is 161 Å². The van der Waals surface area contributed by atoms with Crippen LogP contribution >= 0.6 is 0 Å². The molecular formula is C22H28N2O3. The van der Waals surface area contributed by atoms with Crippen molar-refractivity contribution in [1.29, 1.82) is 0 Å². The van der Waals surface area contributed by atoms with E-state index in [2.05, 4.69) is 18.3 Å². The molecule has 0 bridgehead atoms. The van der Waals surface area contributed by atoms with Crippen LogP contribution in [0.15, 0.2) is 42.5 Å². The smallest absolute Gasteiger partial charge is 0.322 e. The molecular weight excluding hydrogens is 340 g/mol. The fourth-order valence-electron chi connectivity index (χ4n) is 2.81. The molecule has 27 heavy (non-hydrogen) atoms. The Bertz CT molecular complexity index is 788.